The van der Waals surface area contributed by atoms with Crippen molar-refractivity contribution in [3.05, 3.63) is 70.9 Å². The van der Waals surface area contributed by atoms with Gasteiger partial charge in [0, 0.05) is 67.9 Å². The lowest BCUT2D eigenvalue weighted by Gasteiger charge is -2.28. The van der Waals surface area contributed by atoms with Crippen molar-refractivity contribution in [3.63, 3.8) is 0 Å². The first-order chi connectivity index (χ1) is 35.7. The Labute approximate surface area is 438 Å². The first-order valence-electron chi connectivity index (χ1n) is 24.5. The molecule has 7 atom stereocenters. The fourth-order valence-electron chi connectivity index (χ4n) is 8.16. The van der Waals surface area contributed by atoms with Crippen molar-refractivity contribution < 1.29 is 43.2 Å². The quantitative estimate of drug-likeness (QED) is 0.0345. The molecule has 0 unspecified atom stereocenters. The van der Waals surface area contributed by atoms with Crippen LogP contribution in [0.4, 0.5) is 0 Å². The zero-order valence-electron chi connectivity index (χ0n) is 41.7. The van der Waals surface area contributed by atoms with E-state index in [1.165, 1.54) is 6.92 Å². The van der Waals surface area contributed by atoms with Crippen molar-refractivity contribution in [2.24, 2.45) is 22.9 Å². The van der Waals surface area contributed by atoms with Crippen LogP contribution in [0, 0.1) is 10.8 Å². The molecule has 1 aliphatic heterocycles. The number of hydrogen-bond donors (Lipinski definition) is 17. The molecule has 0 aliphatic carbocycles. The first kappa shape index (κ1) is 59.6. The number of carbonyl (C=O) groups excluding carboxylic acids is 9. The maximum atomic E-state index is 14.6. The Morgan fingerprint density at radius 1 is 0.733 bits per heavy atom. The minimum Gasteiger partial charge on any atom is -0.370 e. The summed E-state index contributed by atoms with van der Waals surface area (Å²) in [6, 6.07) is 4.09. The highest BCUT2D eigenvalue weighted by atomic mass is 35.5. The topological polar surface area (TPSA) is 441 Å². The van der Waals surface area contributed by atoms with E-state index in [2.05, 4.69) is 58.2 Å². The standard InChI is InChI=1S/C48H70ClN17O9/c1-26(67)60-33(10-5-21-57-47(52)53)41(70)63-35-16-17-39(68)56-20-4-9-32(40(51)69)61-46(75)38(24-28-25-59-31-8-3-2-7-30(28)31)66-42(71)34(11-6-22-58-48(54)55)62-45(74)37(23-27-12-14-29(49)15-13-27)65-44(73)36(18-19-50)64-43(35)72/h2-3,7-8,12-15,25,32-38,59H,4-6,9-11,16-24,50H2,1H3,(H2,51,69)(H,56,68)(H,60,67)(H,61,75)(H,62,74)(H,63,70)(H,64,72)(H,65,73)(H,66,71)(H4,52,53,57)(H4,54,55,58)/t32-,33-,34-,35-,36-,37+,38-/m0/s1. The van der Waals surface area contributed by atoms with Crippen molar-refractivity contribution in [1.82, 2.24) is 58.2 Å². The number of benzene rings is 2. The maximum absolute atomic E-state index is 14.6. The van der Waals surface area contributed by atoms with Gasteiger partial charge >= 0.3 is 0 Å². The summed E-state index contributed by atoms with van der Waals surface area (Å²) in [6.45, 7) is 1.31. The summed E-state index contributed by atoms with van der Waals surface area (Å²) >= 11 is 6.17. The van der Waals surface area contributed by atoms with Gasteiger partial charge in [0.1, 0.15) is 42.3 Å². The minimum atomic E-state index is -1.49. The lowest BCUT2D eigenvalue weighted by Crippen LogP contribution is -2.60. The van der Waals surface area contributed by atoms with Crippen LogP contribution in [0.25, 0.3) is 10.9 Å². The lowest BCUT2D eigenvalue weighted by atomic mass is 10.0. The molecular weight excluding hydrogens is 994 g/mol. The lowest BCUT2D eigenvalue weighted by molar-refractivity contribution is -0.136. The average molecular weight is 1060 g/mol. The molecule has 9 amide bonds. The molecule has 26 nitrogen and oxygen atoms in total. The van der Waals surface area contributed by atoms with Gasteiger partial charge in [0.05, 0.1) is 0 Å². The number of H-pyrrole nitrogens is 1. The van der Waals surface area contributed by atoms with Crippen LogP contribution in [-0.2, 0) is 56.0 Å². The van der Waals surface area contributed by atoms with Crippen molar-refractivity contribution in [2.75, 3.05) is 26.2 Å². The molecule has 21 N–H and O–H groups in total. The number of aromatic amines is 1. The normalized spacial score (nSPS) is 21.1. The highest BCUT2D eigenvalue weighted by molar-refractivity contribution is 6.30. The third-order valence-corrected chi connectivity index (χ3v) is 12.3. The third-order valence-electron chi connectivity index (χ3n) is 12.0. The van der Waals surface area contributed by atoms with Crippen molar-refractivity contribution in [3.8, 4) is 0 Å². The van der Waals surface area contributed by atoms with Gasteiger partial charge in [-0.25, -0.2) is 0 Å². The molecule has 4 rings (SSSR count). The van der Waals surface area contributed by atoms with Gasteiger partial charge in [0.25, 0.3) is 0 Å². The molecule has 0 spiro atoms. The van der Waals surface area contributed by atoms with E-state index in [4.69, 9.17) is 45.4 Å². The largest absolute Gasteiger partial charge is 0.370 e. The molecule has 408 valence electrons. The highest BCUT2D eigenvalue weighted by Crippen LogP contribution is 2.20. The molecule has 0 bridgehead atoms. The molecule has 3 aromatic rings. The van der Waals surface area contributed by atoms with E-state index in [-0.39, 0.29) is 109 Å². The molecule has 1 fully saturated rings. The van der Waals surface area contributed by atoms with Gasteiger partial charge in [0.2, 0.25) is 53.2 Å². The Bertz CT molecular complexity index is 2510. The van der Waals surface area contributed by atoms with Crippen LogP contribution < -0.4 is 76.1 Å². The van der Waals surface area contributed by atoms with Crippen LogP contribution in [0.15, 0.2) is 54.7 Å². The van der Waals surface area contributed by atoms with Crippen LogP contribution in [0.1, 0.15) is 75.8 Å². The second-order valence-corrected chi connectivity index (χ2v) is 18.4. The number of halogens is 1. The molecule has 1 aromatic heterocycles. The number of guanidine groups is 2. The van der Waals surface area contributed by atoms with Crippen molar-refractivity contribution in [2.45, 2.75) is 120 Å². The van der Waals surface area contributed by atoms with E-state index < -0.39 is 95.5 Å². The van der Waals surface area contributed by atoms with Gasteiger partial charge < -0.3 is 81.1 Å². The molecular formula is C48H70ClN17O9. The number of nitrogens with one attached hydrogen (secondary N) is 13. The fourth-order valence-corrected chi connectivity index (χ4v) is 8.28. The fraction of sp³-hybridized carbons (Fsp3) is 0.479. The first-order valence-corrected chi connectivity index (χ1v) is 24.9. The number of amides is 9. The van der Waals surface area contributed by atoms with Gasteiger partial charge in [-0.1, -0.05) is 41.9 Å². The molecule has 2 heterocycles. The number of carbonyl (C=O) groups is 9. The van der Waals surface area contributed by atoms with E-state index >= 15 is 0 Å². The summed E-state index contributed by atoms with van der Waals surface area (Å²) in [4.78, 5) is 127. The van der Waals surface area contributed by atoms with Crippen LogP contribution >= 0.6 is 11.6 Å². The Morgan fingerprint density at radius 2 is 1.32 bits per heavy atom. The molecule has 1 aliphatic rings. The number of rotatable bonds is 18. The highest BCUT2D eigenvalue weighted by Gasteiger charge is 2.35. The predicted molar refractivity (Wildman–Crippen MR) is 279 cm³/mol. The van der Waals surface area contributed by atoms with E-state index in [1.54, 1.807) is 36.5 Å². The second kappa shape index (κ2) is 30.3. The number of nitrogens with two attached hydrogens (primary N) is 4. The van der Waals surface area contributed by atoms with Gasteiger partial charge in [-0.15, -0.1) is 0 Å². The number of para-hydroxylation sites is 1. The van der Waals surface area contributed by atoms with Gasteiger partial charge in [-0.05, 0) is 87.2 Å². The van der Waals surface area contributed by atoms with Crippen molar-refractivity contribution in [1.29, 1.82) is 10.8 Å². The Hall–Kier alpha value is -8.00. The summed E-state index contributed by atoms with van der Waals surface area (Å²) in [7, 11) is 0. The Kier molecular flexibility index (Phi) is 24.0. The van der Waals surface area contributed by atoms with Crippen LogP contribution in [0.2, 0.25) is 5.02 Å². The van der Waals surface area contributed by atoms with Gasteiger partial charge in [0.15, 0.2) is 11.9 Å². The van der Waals surface area contributed by atoms with E-state index in [0.29, 0.717) is 16.1 Å². The Morgan fingerprint density at radius 3 is 1.96 bits per heavy atom. The SMILES string of the molecule is CC(=O)N[C@@H](CCCNC(=N)N)C(=O)N[C@H]1CCC(=O)NCCC[C@@H](C(N)=O)NC(=O)[C@H](Cc2c[nH]c3ccccc23)NC(=O)[C@H](CCCNC(=N)N)NC(=O)[C@@H](Cc2ccc(Cl)cc2)NC(=O)[C@H](CCN)NC1=O. The molecule has 27 heteroatoms. The molecule has 1 saturated heterocycles. The number of aromatic nitrogens is 1. The van der Waals surface area contributed by atoms with E-state index in [9.17, 15) is 43.2 Å². The maximum Gasteiger partial charge on any atom is 0.243 e. The average Bonchev–Trinajstić information content (AvgIpc) is 3.77. The third kappa shape index (κ3) is 20.4. The van der Waals surface area contributed by atoms with Crippen LogP contribution in [0.3, 0.4) is 0 Å². The summed E-state index contributed by atoms with van der Waals surface area (Å²) in [5, 5.41) is 42.6. The van der Waals surface area contributed by atoms with Crippen molar-refractivity contribution >= 4 is 87.6 Å². The van der Waals surface area contributed by atoms with Crippen LogP contribution in [0.5, 0.6) is 0 Å². The molecule has 2 aromatic carbocycles. The van der Waals surface area contributed by atoms with Gasteiger partial charge in [-0.3, -0.25) is 54.0 Å². The smallest absolute Gasteiger partial charge is 0.243 e. The molecule has 0 radical (unpaired) electrons. The number of primary amides is 1. The zero-order chi connectivity index (χ0) is 55.0. The zero-order valence-corrected chi connectivity index (χ0v) is 42.5. The summed E-state index contributed by atoms with van der Waals surface area (Å²) < 4.78 is 0. The molecule has 0 saturated carbocycles. The summed E-state index contributed by atoms with van der Waals surface area (Å²) in [5.41, 5.74) is 24.5. The predicted octanol–water partition coefficient (Wildman–Crippen LogP) is -2.93. The number of fused-ring (bicyclic) bond motifs is 1. The van der Waals surface area contributed by atoms with E-state index in [0.717, 1.165) is 10.9 Å². The van der Waals surface area contributed by atoms with Crippen LogP contribution in [-0.4, -0.2) is 139 Å². The minimum absolute atomic E-state index is 0.0219. The summed E-state index contributed by atoms with van der Waals surface area (Å²) in [5.74, 6) is -7.77. The summed E-state index contributed by atoms with van der Waals surface area (Å²) in [6.07, 6.45) is 1.04. The second-order valence-electron chi connectivity index (χ2n) is 18.0. The molecule has 75 heavy (non-hydrogen) atoms. The number of hydrogen-bond acceptors (Lipinski definition) is 12. The Balaban J connectivity index is 1.76. The van der Waals surface area contributed by atoms with Gasteiger partial charge in [-0.2, -0.15) is 0 Å². The van der Waals surface area contributed by atoms with E-state index in [1.807, 2.05) is 18.2 Å². The monoisotopic (exact) mass is 1060 g/mol.